The van der Waals surface area contributed by atoms with Crippen LogP contribution in [0.3, 0.4) is 0 Å². The van der Waals surface area contributed by atoms with Gasteiger partial charge in [-0.1, -0.05) is 19.9 Å². The molecular weight excluding hydrogens is 224 g/mol. The summed E-state index contributed by atoms with van der Waals surface area (Å²) < 4.78 is 5.50. The number of benzene rings is 1. The van der Waals surface area contributed by atoms with Crippen molar-refractivity contribution in [1.82, 2.24) is 0 Å². The van der Waals surface area contributed by atoms with Crippen LogP contribution in [0.15, 0.2) is 18.2 Å². The molecule has 0 radical (unpaired) electrons. The smallest absolute Gasteiger partial charge is 0.101 e. The summed E-state index contributed by atoms with van der Waals surface area (Å²) >= 11 is 0. The van der Waals surface area contributed by atoms with Crippen molar-refractivity contribution in [2.45, 2.75) is 27.2 Å². The number of rotatable bonds is 7. The van der Waals surface area contributed by atoms with E-state index in [1.165, 1.54) is 0 Å². The molecule has 0 aliphatic carbocycles. The Kier molecular flexibility index (Phi) is 6.24. The molecule has 1 aromatic rings. The van der Waals surface area contributed by atoms with E-state index in [-0.39, 0.29) is 0 Å². The number of nitrogens with one attached hydrogen (secondary N) is 1. The largest absolute Gasteiger partial charge is 0.384 e. The van der Waals surface area contributed by atoms with Crippen molar-refractivity contribution in [2.24, 2.45) is 5.92 Å². The first-order valence-electron chi connectivity index (χ1n) is 6.46. The molecule has 1 rings (SSSR count). The van der Waals surface area contributed by atoms with E-state index in [1.54, 1.807) is 0 Å². The number of nitrogens with zero attached hydrogens (tertiary/aromatic N) is 1. The Morgan fingerprint density at radius 3 is 2.83 bits per heavy atom. The van der Waals surface area contributed by atoms with E-state index < -0.39 is 0 Å². The molecule has 98 valence electrons. The summed E-state index contributed by atoms with van der Waals surface area (Å²) in [6.45, 7) is 8.68. The van der Waals surface area contributed by atoms with E-state index in [2.05, 4.69) is 25.2 Å². The molecule has 0 bridgehead atoms. The van der Waals surface area contributed by atoms with Crippen LogP contribution in [0.2, 0.25) is 0 Å². The molecule has 0 unspecified atom stereocenters. The molecule has 0 saturated carbocycles. The number of nitriles is 1. The number of ether oxygens (including phenoxy) is 1. The molecule has 0 heterocycles. The third-order valence-electron chi connectivity index (χ3n) is 2.53. The fraction of sp³-hybridized carbons (Fsp3) is 0.533. The van der Waals surface area contributed by atoms with E-state index in [1.807, 2.05) is 25.1 Å². The number of hydrogen-bond donors (Lipinski definition) is 1. The lowest BCUT2D eigenvalue weighted by molar-refractivity contribution is 0.110. The Balaban J connectivity index is 2.29. The fourth-order valence-electron chi connectivity index (χ4n) is 1.62. The van der Waals surface area contributed by atoms with Gasteiger partial charge in [0.25, 0.3) is 0 Å². The van der Waals surface area contributed by atoms with Crippen molar-refractivity contribution >= 4 is 5.69 Å². The predicted molar refractivity (Wildman–Crippen MR) is 74.7 cm³/mol. The zero-order valence-electron chi connectivity index (χ0n) is 11.5. The molecule has 0 spiro atoms. The maximum absolute atomic E-state index is 9.03. The number of hydrogen-bond acceptors (Lipinski definition) is 3. The van der Waals surface area contributed by atoms with Crippen molar-refractivity contribution in [3.05, 3.63) is 29.3 Å². The summed E-state index contributed by atoms with van der Waals surface area (Å²) in [6.07, 6.45) is 0.950. The van der Waals surface area contributed by atoms with Crippen molar-refractivity contribution in [2.75, 3.05) is 25.1 Å². The van der Waals surface area contributed by atoms with Crippen LogP contribution in [-0.2, 0) is 4.74 Å². The van der Waals surface area contributed by atoms with Crippen LogP contribution >= 0.6 is 0 Å². The Morgan fingerprint density at radius 2 is 2.17 bits per heavy atom. The average molecular weight is 246 g/mol. The number of aryl methyl sites for hydroxylation is 1. The van der Waals surface area contributed by atoms with Gasteiger partial charge in [0.2, 0.25) is 0 Å². The molecule has 0 amide bonds. The van der Waals surface area contributed by atoms with Crippen LogP contribution < -0.4 is 5.32 Å². The standard InChI is InChI=1S/C15H22N2O/c1-12(2)11-18-8-4-7-17-15-6-5-13(3)9-14(15)10-16/h5-6,9,12,17H,4,7-8,11H2,1-3H3. The summed E-state index contributed by atoms with van der Waals surface area (Å²) in [5.41, 5.74) is 2.72. The van der Waals surface area contributed by atoms with Gasteiger partial charge in [-0.3, -0.25) is 0 Å². The Labute approximate surface area is 110 Å². The number of anilines is 1. The highest BCUT2D eigenvalue weighted by atomic mass is 16.5. The molecule has 3 heteroatoms. The van der Waals surface area contributed by atoms with E-state index in [0.717, 1.165) is 37.4 Å². The highest BCUT2D eigenvalue weighted by Gasteiger charge is 2.01. The molecule has 0 aliphatic heterocycles. The first kappa shape index (κ1) is 14.5. The topological polar surface area (TPSA) is 45.0 Å². The highest BCUT2D eigenvalue weighted by Crippen LogP contribution is 2.16. The second-order valence-corrected chi connectivity index (χ2v) is 4.91. The third kappa shape index (κ3) is 5.20. The molecule has 0 atom stereocenters. The average Bonchev–Trinajstić information content (AvgIpc) is 2.34. The van der Waals surface area contributed by atoms with Crippen LogP contribution in [0.5, 0.6) is 0 Å². The van der Waals surface area contributed by atoms with Crippen LogP contribution in [0.1, 0.15) is 31.4 Å². The van der Waals surface area contributed by atoms with Gasteiger partial charge >= 0.3 is 0 Å². The minimum atomic E-state index is 0.584. The van der Waals surface area contributed by atoms with Gasteiger partial charge in [0.1, 0.15) is 6.07 Å². The van der Waals surface area contributed by atoms with Crippen LogP contribution in [0, 0.1) is 24.2 Å². The van der Waals surface area contributed by atoms with Crippen molar-refractivity contribution < 1.29 is 4.74 Å². The molecular formula is C15H22N2O. The second-order valence-electron chi connectivity index (χ2n) is 4.91. The second kappa shape index (κ2) is 7.73. The van der Waals surface area contributed by atoms with E-state index in [4.69, 9.17) is 10.00 Å². The zero-order valence-corrected chi connectivity index (χ0v) is 11.5. The monoisotopic (exact) mass is 246 g/mol. The third-order valence-corrected chi connectivity index (χ3v) is 2.53. The summed E-state index contributed by atoms with van der Waals surface area (Å²) in [6, 6.07) is 8.08. The van der Waals surface area contributed by atoms with Gasteiger partial charge < -0.3 is 10.1 Å². The zero-order chi connectivity index (χ0) is 13.4. The molecule has 0 aliphatic rings. The fourth-order valence-corrected chi connectivity index (χ4v) is 1.62. The van der Waals surface area contributed by atoms with Gasteiger partial charge in [-0.05, 0) is 37.0 Å². The maximum Gasteiger partial charge on any atom is 0.101 e. The highest BCUT2D eigenvalue weighted by molar-refractivity contribution is 5.58. The summed E-state index contributed by atoms with van der Waals surface area (Å²) in [5.74, 6) is 0.584. The van der Waals surface area contributed by atoms with Gasteiger partial charge in [0, 0.05) is 19.8 Å². The van der Waals surface area contributed by atoms with E-state index in [9.17, 15) is 0 Å². The predicted octanol–water partition coefficient (Wildman–Crippen LogP) is 3.34. The summed E-state index contributed by atoms with van der Waals surface area (Å²) in [7, 11) is 0. The molecule has 1 N–H and O–H groups in total. The molecule has 0 fully saturated rings. The minimum absolute atomic E-state index is 0.584. The first-order chi connectivity index (χ1) is 8.63. The molecule has 18 heavy (non-hydrogen) atoms. The Morgan fingerprint density at radius 1 is 1.39 bits per heavy atom. The molecule has 3 nitrogen and oxygen atoms in total. The lowest BCUT2D eigenvalue weighted by Gasteiger charge is -2.10. The minimum Gasteiger partial charge on any atom is -0.384 e. The summed E-state index contributed by atoms with van der Waals surface area (Å²) in [5, 5.41) is 12.3. The quantitative estimate of drug-likeness (QED) is 0.750. The van der Waals surface area contributed by atoms with E-state index >= 15 is 0 Å². The summed E-state index contributed by atoms with van der Waals surface area (Å²) in [4.78, 5) is 0. The Bertz CT molecular complexity index is 407. The SMILES string of the molecule is Cc1ccc(NCCCOCC(C)C)c(C#N)c1. The maximum atomic E-state index is 9.03. The van der Waals surface area contributed by atoms with Gasteiger partial charge in [0.05, 0.1) is 11.3 Å². The normalized spacial score (nSPS) is 10.4. The first-order valence-corrected chi connectivity index (χ1v) is 6.46. The van der Waals surface area contributed by atoms with Crippen molar-refractivity contribution in [3.8, 4) is 6.07 Å². The molecule has 1 aromatic carbocycles. The van der Waals surface area contributed by atoms with Gasteiger partial charge in [-0.2, -0.15) is 5.26 Å². The van der Waals surface area contributed by atoms with Crippen LogP contribution in [-0.4, -0.2) is 19.8 Å². The molecule has 0 saturated heterocycles. The lowest BCUT2D eigenvalue weighted by Crippen LogP contribution is -2.09. The van der Waals surface area contributed by atoms with Crippen LogP contribution in [0.4, 0.5) is 5.69 Å². The van der Waals surface area contributed by atoms with Crippen LogP contribution in [0.25, 0.3) is 0 Å². The van der Waals surface area contributed by atoms with Gasteiger partial charge in [-0.25, -0.2) is 0 Å². The molecule has 0 aromatic heterocycles. The van der Waals surface area contributed by atoms with Gasteiger partial charge in [-0.15, -0.1) is 0 Å². The van der Waals surface area contributed by atoms with E-state index in [0.29, 0.717) is 11.5 Å². The lowest BCUT2D eigenvalue weighted by atomic mass is 10.1. The van der Waals surface area contributed by atoms with Crippen molar-refractivity contribution in [3.63, 3.8) is 0 Å². The Hall–Kier alpha value is -1.53. The van der Waals surface area contributed by atoms with Crippen molar-refractivity contribution in [1.29, 1.82) is 5.26 Å². The van der Waals surface area contributed by atoms with Gasteiger partial charge in [0.15, 0.2) is 0 Å².